The van der Waals surface area contributed by atoms with Gasteiger partial charge in [-0.25, -0.2) is 9.95 Å². The first-order valence-electron chi connectivity index (χ1n) is 3.05. The molecule has 0 aliphatic heterocycles. The Morgan fingerprint density at radius 1 is 1.45 bits per heavy atom. The van der Waals surface area contributed by atoms with Crippen LogP contribution in [0.1, 0.15) is 0 Å². The molecule has 0 aliphatic carbocycles. The third kappa shape index (κ3) is 0.973. The fourth-order valence-corrected chi connectivity index (χ4v) is 1.69. The van der Waals surface area contributed by atoms with Crippen LogP contribution in [0.25, 0.3) is 10.9 Å². The zero-order chi connectivity index (χ0) is 7.84. The van der Waals surface area contributed by atoms with Crippen molar-refractivity contribution < 1.29 is 4.52 Å². The first kappa shape index (κ1) is 6.90. The Morgan fingerprint density at radius 3 is 3.00 bits per heavy atom. The summed E-state index contributed by atoms with van der Waals surface area (Å²) in [6.45, 7) is 0. The van der Waals surface area contributed by atoms with Crippen LogP contribution in [0, 0.1) is 3.57 Å². The van der Waals surface area contributed by atoms with E-state index in [1.165, 1.54) is 0 Å². The summed E-state index contributed by atoms with van der Waals surface area (Å²) in [6.07, 6.45) is 0. The highest BCUT2D eigenvalue weighted by molar-refractivity contribution is 14.1. The maximum absolute atomic E-state index is 11.0. The third-order valence-corrected chi connectivity index (χ3v) is 2.37. The summed E-state index contributed by atoms with van der Waals surface area (Å²) in [5.41, 5.74) is 0.451. The van der Waals surface area contributed by atoms with Crippen molar-refractivity contribution in [3.63, 3.8) is 0 Å². The minimum Gasteiger partial charge on any atom is -0.338 e. The fraction of sp³-hybridized carbons (Fsp3) is 0. The fourth-order valence-electron chi connectivity index (χ4n) is 0.969. The number of hydrogen-bond acceptors (Lipinski definition) is 2. The molecule has 2 aromatic rings. The Labute approximate surface area is 75.5 Å². The maximum atomic E-state index is 11.0. The van der Waals surface area contributed by atoms with Gasteiger partial charge >= 0.3 is 5.63 Å². The topological polar surface area (TPSA) is 46.0 Å². The number of fused-ring (bicyclic) bond motifs is 1. The van der Waals surface area contributed by atoms with Crippen LogP contribution in [-0.2, 0) is 0 Å². The van der Waals surface area contributed by atoms with E-state index in [9.17, 15) is 4.79 Å². The van der Waals surface area contributed by atoms with E-state index in [1.54, 1.807) is 0 Å². The average Bonchev–Trinajstić information content (AvgIpc) is 2.34. The summed E-state index contributed by atoms with van der Waals surface area (Å²) in [7, 11) is 0. The van der Waals surface area contributed by atoms with Crippen molar-refractivity contribution in [3.8, 4) is 0 Å². The second kappa shape index (κ2) is 2.37. The van der Waals surface area contributed by atoms with Gasteiger partial charge in [0.05, 0.1) is 5.52 Å². The number of H-pyrrole nitrogens is 1. The Kier molecular flexibility index (Phi) is 1.49. The van der Waals surface area contributed by atoms with Crippen LogP contribution in [0.15, 0.2) is 27.5 Å². The van der Waals surface area contributed by atoms with E-state index < -0.39 is 0 Å². The molecule has 1 aromatic carbocycles. The molecule has 56 valence electrons. The molecule has 1 aromatic heterocycles. The first-order valence-corrected chi connectivity index (χ1v) is 4.12. The van der Waals surface area contributed by atoms with Crippen molar-refractivity contribution in [1.82, 2.24) is 5.16 Å². The van der Waals surface area contributed by atoms with Gasteiger partial charge in [-0.15, -0.1) is 0 Å². The summed E-state index contributed by atoms with van der Waals surface area (Å²) in [5, 5.41) is 3.17. The van der Waals surface area contributed by atoms with Crippen LogP contribution in [0.2, 0.25) is 0 Å². The zero-order valence-corrected chi connectivity index (χ0v) is 7.58. The van der Waals surface area contributed by atoms with Gasteiger partial charge in [0.15, 0.2) is 0 Å². The minimum atomic E-state index is -0.301. The molecule has 1 heterocycles. The number of hydrogen-bond donors (Lipinski definition) is 1. The van der Waals surface area contributed by atoms with Crippen molar-refractivity contribution in [1.29, 1.82) is 0 Å². The largest absolute Gasteiger partial charge is 0.366 e. The number of aromatic amines is 1. The second-order valence-electron chi connectivity index (χ2n) is 2.15. The molecule has 11 heavy (non-hydrogen) atoms. The van der Waals surface area contributed by atoms with Crippen LogP contribution >= 0.6 is 22.6 Å². The second-order valence-corrected chi connectivity index (χ2v) is 3.32. The van der Waals surface area contributed by atoms with Gasteiger partial charge in [-0.2, -0.15) is 0 Å². The highest BCUT2D eigenvalue weighted by Crippen LogP contribution is 2.14. The van der Waals surface area contributed by atoms with E-state index in [4.69, 9.17) is 0 Å². The minimum absolute atomic E-state index is 0.301. The van der Waals surface area contributed by atoms with Gasteiger partial charge in [0.1, 0.15) is 5.39 Å². The Balaban J connectivity index is 3.08. The Bertz CT molecular complexity index is 443. The first-order chi connectivity index (χ1) is 5.29. The molecule has 0 spiro atoms. The maximum Gasteiger partial charge on any atom is 0.366 e. The molecule has 0 bridgehead atoms. The van der Waals surface area contributed by atoms with Crippen LogP contribution in [0.3, 0.4) is 0 Å². The average molecular weight is 261 g/mol. The number of halogens is 1. The van der Waals surface area contributed by atoms with E-state index in [0.29, 0.717) is 5.39 Å². The molecule has 3 nitrogen and oxygen atoms in total. The van der Waals surface area contributed by atoms with Gasteiger partial charge in [0.2, 0.25) is 0 Å². The molecule has 0 radical (unpaired) electrons. The van der Waals surface area contributed by atoms with Gasteiger partial charge in [0, 0.05) is 3.57 Å². The van der Waals surface area contributed by atoms with E-state index in [1.807, 2.05) is 18.2 Å². The number of rotatable bonds is 0. The molecule has 0 amide bonds. The molecule has 0 unspecified atom stereocenters. The highest BCUT2D eigenvalue weighted by Gasteiger charge is 2.04. The lowest BCUT2D eigenvalue weighted by Crippen LogP contribution is -1.92. The monoisotopic (exact) mass is 261 g/mol. The van der Waals surface area contributed by atoms with E-state index in [0.717, 1.165) is 9.09 Å². The predicted octanol–water partition coefficient (Wildman–Crippen LogP) is 1.73. The van der Waals surface area contributed by atoms with Crippen molar-refractivity contribution in [2.45, 2.75) is 0 Å². The number of aromatic nitrogens is 1. The highest BCUT2D eigenvalue weighted by atomic mass is 127. The van der Waals surface area contributed by atoms with Crippen LogP contribution in [-0.4, -0.2) is 5.16 Å². The molecule has 2 rings (SSSR count). The summed E-state index contributed by atoms with van der Waals surface area (Å²) in [5.74, 6) is 0. The molecular weight excluding hydrogens is 257 g/mol. The van der Waals surface area contributed by atoms with Gasteiger partial charge in [-0.1, -0.05) is 6.07 Å². The molecular formula is C7H4INO2. The molecule has 0 saturated carbocycles. The Hall–Kier alpha value is -0.780. The van der Waals surface area contributed by atoms with E-state index in [-0.39, 0.29) is 5.63 Å². The van der Waals surface area contributed by atoms with Crippen LogP contribution < -0.4 is 5.63 Å². The number of benzene rings is 1. The SMILES string of the molecule is O=c1o[nH]c2cccc(I)c12. The quantitative estimate of drug-likeness (QED) is 0.734. The van der Waals surface area contributed by atoms with Crippen molar-refractivity contribution >= 4 is 33.5 Å². The third-order valence-electron chi connectivity index (χ3n) is 1.47. The Morgan fingerprint density at radius 2 is 2.27 bits per heavy atom. The van der Waals surface area contributed by atoms with Crippen LogP contribution in [0.5, 0.6) is 0 Å². The van der Waals surface area contributed by atoms with Crippen molar-refractivity contribution in [2.75, 3.05) is 0 Å². The lowest BCUT2D eigenvalue weighted by atomic mass is 10.3. The van der Waals surface area contributed by atoms with Gasteiger partial charge in [-0.05, 0) is 34.7 Å². The van der Waals surface area contributed by atoms with Gasteiger partial charge in [-0.3, -0.25) is 0 Å². The summed E-state index contributed by atoms with van der Waals surface area (Å²) < 4.78 is 5.52. The predicted molar refractivity (Wildman–Crippen MR) is 49.6 cm³/mol. The lowest BCUT2D eigenvalue weighted by Gasteiger charge is -1.86. The summed E-state index contributed by atoms with van der Waals surface area (Å²) in [6, 6.07) is 5.55. The molecule has 0 fully saturated rings. The van der Waals surface area contributed by atoms with Gasteiger partial charge < -0.3 is 4.52 Å². The summed E-state index contributed by atoms with van der Waals surface area (Å²) >= 11 is 2.10. The van der Waals surface area contributed by atoms with Crippen LogP contribution in [0.4, 0.5) is 0 Å². The van der Waals surface area contributed by atoms with Crippen molar-refractivity contribution in [2.24, 2.45) is 0 Å². The number of nitrogens with one attached hydrogen (secondary N) is 1. The van der Waals surface area contributed by atoms with Crippen molar-refractivity contribution in [3.05, 3.63) is 32.2 Å². The normalized spacial score (nSPS) is 10.6. The smallest absolute Gasteiger partial charge is 0.338 e. The standard InChI is InChI=1S/C7H4INO2/c8-4-2-1-3-5-6(4)7(10)11-9-5/h1-3,9H. The van der Waals surface area contributed by atoms with E-state index in [2.05, 4.69) is 32.3 Å². The molecule has 4 heteroatoms. The molecule has 1 N–H and O–H groups in total. The lowest BCUT2D eigenvalue weighted by molar-refractivity contribution is 0.400. The summed E-state index contributed by atoms with van der Waals surface area (Å²) in [4.78, 5) is 11.0. The van der Waals surface area contributed by atoms with Gasteiger partial charge in [0.25, 0.3) is 0 Å². The molecule has 0 aliphatic rings. The molecule has 0 saturated heterocycles. The zero-order valence-electron chi connectivity index (χ0n) is 5.43. The molecule has 0 atom stereocenters. The van der Waals surface area contributed by atoms with E-state index >= 15 is 0 Å².